The summed E-state index contributed by atoms with van der Waals surface area (Å²) in [6.07, 6.45) is 1.62. The van der Waals surface area contributed by atoms with Gasteiger partial charge < -0.3 is 9.64 Å². The average molecular weight is 411 g/mol. The SMILES string of the molecule is C=CCN(Cc1ccc(Br)s1)C(=O)c1ccc(OC)c([N+](=O)[O-])c1. The summed E-state index contributed by atoms with van der Waals surface area (Å²) in [7, 11) is 1.35. The summed E-state index contributed by atoms with van der Waals surface area (Å²) in [6.45, 7) is 4.41. The van der Waals surface area contributed by atoms with Gasteiger partial charge in [-0.2, -0.15) is 0 Å². The minimum Gasteiger partial charge on any atom is -0.490 e. The Hall–Kier alpha value is -2.19. The highest BCUT2D eigenvalue weighted by molar-refractivity contribution is 9.11. The van der Waals surface area contributed by atoms with Gasteiger partial charge in [-0.05, 0) is 40.2 Å². The summed E-state index contributed by atoms with van der Waals surface area (Å²) in [6, 6.07) is 8.03. The number of hydrogen-bond donors (Lipinski definition) is 0. The monoisotopic (exact) mass is 410 g/mol. The molecule has 24 heavy (non-hydrogen) atoms. The highest BCUT2D eigenvalue weighted by Crippen LogP contribution is 2.29. The fourth-order valence-corrected chi connectivity index (χ4v) is 3.65. The van der Waals surface area contributed by atoms with Crippen molar-refractivity contribution in [3.8, 4) is 5.75 Å². The Morgan fingerprint density at radius 3 is 2.75 bits per heavy atom. The maximum Gasteiger partial charge on any atom is 0.311 e. The van der Waals surface area contributed by atoms with Gasteiger partial charge in [0.25, 0.3) is 5.91 Å². The molecule has 0 spiro atoms. The largest absolute Gasteiger partial charge is 0.490 e. The van der Waals surface area contributed by atoms with E-state index in [1.165, 1.54) is 36.6 Å². The van der Waals surface area contributed by atoms with Crippen molar-refractivity contribution in [2.24, 2.45) is 0 Å². The van der Waals surface area contributed by atoms with Gasteiger partial charge in [-0.1, -0.05) is 6.08 Å². The lowest BCUT2D eigenvalue weighted by molar-refractivity contribution is -0.385. The highest BCUT2D eigenvalue weighted by atomic mass is 79.9. The molecule has 0 aliphatic carbocycles. The van der Waals surface area contributed by atoms with Crippen LogP contribution in [0.3, 0.4) is 0 Å². The molecule has 1 aromatic heterocycles. The van der Waals surface area contributed by atoms with E-state index in [0.29, 0.717) is 13.1 Å². The molecule has 126 valence electrons. The molecule has 1 heterocycles. The lowest BCUT2D eigenvalue weighted by Gasteiger charge is -2.20. The molecule has 0 N–H and O–H groups in total. The van der Waals surface area contributed by atoms with Crippen LogP contribution in [0, 0.1) is 10.1 Å². The van der Waals surface area contributed by atoms with Crippen LogP contribution in [0.5, 0.6) is 5.75 Å². The third-order valence-electron chi connectivity index (χ3n) is 3.23. The molecule has 0 saturated heterocycles. The lowest BCUT2D eigenvalue weighted by atomic mass is 10.1. The lowest BCUT2D eigenvalue weighted by Crippen LogP contribution is -2.30. The molecule has 6 nitrogen and oxygen atoms in total. The van der Waals surface area contributed by atoms with Gasteiger partial charge in [0, 0.05) is 23.1 Å². The summed E-state index contributed by atoms with van der Waals surface area (Å²) in [5, 5.41) is 11.1. The van der Waals surface area contributed by atoms with Crippen molar-refractivity contribution in [2.45, 2.75) is 6.54 Å². The average Bonchev–Trinajstić information content (AvgIpc) is 2.98. The third kappa shape index (κ3) is 4.21. The first-order valence-electron chi connectivity index (χ1n) is 6.93. The molecular formula is C16H15BrN2O4S. The van der Waals surface area contributed by atoms with Crippen molar-refractivity contribution >= 4 is 38.9 Å². The molecule has 0 unspecified atom stereocenters. The van der Waals surface area contributed by atoms with Gasteiger partial charge in [-0.3, -0.25) is 14.9 Å². The smallest absolute Gasteiger partial charge is 0.311 e. The Kier molecular flexibility index (Phi) is 6.10. The summed E-state index contributed by atoms with van der Waals surface area (Å²) < 4.78 is 5.94. The first-order chi connectivity index (χ1) is 11.5. The second-order valence-electron chi connectivity index (χ2n) is 4.82. The van der Waals surface area contributed by atoms with Crippen LogP contribution < -0.4 is 4.74 Å². The van der Waals surface area contributed by atoms with Crippen LogP contribution in [-0.4, -0.2) is 29.4 Å². The third-order valence-corrected chi connectivity index (χ3v) is 4.84. The molecule has 0 aliphatic rings. The van der Waals surface area contributed by atoms with Crippen LogP contribution in [-0.2, 0) is 6.54 Å². The zero-order valence-electron chi connectivity index (χ0n) is 12.9. The Bertz CT molecular complexity index is 775. The van der Waals surface area contributed by atoms with E-state index in [0.717, 1.165) is 8.66 Å². The number of carbonyl (C=O) groups excluding carboxylic acids is 1. The summed E-state index contributed by atoms with van der Waals surface area (Å²) >= 11 is 4.92. The quantitative estimate of drug-likeness (QED) is 0.388. The van der Waals surface area contributed by atoms with Crippen molar-refractivity contribution in [1.82, 2.24) is 4.90 Å². The number of amides is 1. The van der Waals surface area contributed by atoms with E-state index in [4.69, 9.17) is 4.74 Å². The van der Waals surface area contributed by atoms with Crippen molar-refractivity contribution in [3.63, 3.8) is 0 Å². The molecule has 0 fully saturated rings. The Morgan fingerprint density at radius 2 is 2.21 bits per heavy atom. The number of thiophene rings is 1. The van der Waals surface area contributed by atoms with Gasteiger partial charge in [0.2, 0.25) is 0 Å². The molecule has 1 aromatic carbocycles. The Balaban J connectivity index is 2.30. The zero-order valence-corrected chi connectivity index (χ0v) is 15.3. The molecule has 0 radical (unpaired) electrons. The summed E-state index contributed by atoms with van der Waals surface area (Å²) in [4.78, 5) is 25.9. The van der Waals surface area contributed by atoms with Gasteiger partial charge in [-0.15, -0.1) is 17.9 Å². The summed E-state index contributed by atoms with van der Waals surface area (Å²) in [5.74, 6) is -0.181. The number of nitro groups is 1. The maximum atomic E-state index is 12.7. The van der Waals surface area contributed by atoms with Crippen molar-refractivity contribution in [2.75, 3.05) is 13.7 Å². The van der Waals surface area contributed by atoms with Gasteiger partial charge in [0.15, 0.2) is 5.75 Å². The molecule has 0 atom stereocenters. The predicted molar refractivity (Wildman–Crippen MR) is 96.6 cm³/mol. The maximum absolute atomic E-state index is 12.7. The van der Waals surface area contributed by atoms with Gasteiger partial charge in [-0.25, -0.2) is 0 Å². The van der Waals surface area contributed by atoms with E-state index in [-0.39, 0.29) is 22.9 Å². The Labute approximate surface area is 151 Å². The number of nitrogens with zero attached hydrogens (tertiary/aromatic N) is 2. The topological polar surface area (TPSA) is 72.7 Å². The summed E-state index contributed by atoms with van der Waals surface area (Å²) in [5.41, 5.74) is 0.000688. The molecule has 0 aliphatic heterocycles. The fraction of sp³-hybridized carbons (Fsp3) is 0.188. The van der Waals surface area contributed by atoms with Crippen LogP contribution in [0.4, 0.5) is 5.69 Å². The van der Waals surface area contributed by atoms with Crippen molar-refractivity contribution in [1.29, 1.82) is 0 Å². The van der Waals surface area contributed by atoms with E-state index in [1.54, 1.807) is 11.0 Å². The molecule has 0 saturated carbocycles. The molecule has 2 rings (SSSR count). The van der Waals surface area contributed by atoms with E-state index in [1.807, 2.05) is 12.1 Å². The normalized spacial score (nSPS) is 10.2. The molecule has 0 bridgehead atoms. The number of halogens is 1. The fourth-order valence-electron chi connectivity index (χ4n) is 2.15. The van der Waals surface area contributed by atoms with Gasteiger partial charge in [0.1, 0.15) is 0 Å². The first-order valence-corrected chi connectivity index (χ1v) is 8.54. The van der Waals surface area contributed by atoms with E-state index < -0.39 is 4.92 Å². The van der Waals surface area contributed by atoms with Gasteiger partial charge >= 0.3 is 5.69 Å². The number of ether oxygens (including phenoxy) is 1. The van der Waals surface area contributed by atoms with Crippen LogP contribution in [0.2, 0.25) is 0 Å². The molecule has 2 aromatic rings. The van der Waals surface area contributed by atoms with E-state index in [9.17, 15) is 14.9 Å². The molecular weight excluding hydrogens is 396 g/mol. The van der Waals surface area contributed by atoms with Crippen LogP contribution in [0.15, 0.2) is 46.8 Å². The number of methoxy groups -OCH3 is 1. The van der Waals surface area contributed by atoms with Crippen LogP contribution in [0.1, 0.15) is 15.2 Å². The standard InChI is InChI=1S/C16H15BrN2O4S/c1-3-8-18(10-12-5-7-15(17)24-12)16(20)11-4-6-14(23-2)13(9-11)19(21)22/h3-7,9H,1,8,10H2,2H3. The minimum absolute atomic E-state index is 0.119. The van der Waals surface area contributed by atoms with Crippen molar-refractivity contribution < 1.29 is 14.5 Å². The zero-order chi connectivity index (χ0) is 17.7. The second kappa shape index (κ2) is 8.07. The number of benzene rings is 1. The van der Waals surface area contributed by atoms with Crippen LogP contribution in [0.25, 0.3) is 0 Å². The number of rotatable bonds is 7. The van der Waals surface area contributed by atoms with E-state index >= 15 is 0 Å². The molecule has 8 heteroatoms. The number of hydrogen-bond acceptors (Lipinski definition) is 5. The van der Waals surface area contributed by atoms with E-state index in [2.05, 4.69) is 22.5 Å². The number of carbonyl (C=O) groups is 1. The van der Waals surface area contributed by atoms with Gasteiger partial charge in [0.05, 0.1) is 22.4 Å². The highest BCUT2D eigenvalue weighted by Gasteiger charge is 2.21. The number of nitro benzene ring substituents is 1. The Morgan fingerprint density at radius 1 is 1.46 bits per heavy atom. The minimum atomic E-state index is -0.566. The second-order valence-corrected chi connectivity index (χ2v) is 7.37. The first kappa shape index (κ1) is 18.2. The van der Waals surface area contributed by atoms with Crippen LogP contribution >= 0.6 is 27.3 Å². The van der Waals surface area contributed by atoms with Crippen molar-refractivity contribution in [3.05, 3.63) is 67.3 Å². The molecule has 1 amide bonds. The predicted octanol–water partition coefficient (Wildman–Crippen LogP) is 4.26.